The highest BCUT2D eigenvalue weighted by molar-refractivity contribution is 7.90. The molecule has 0 aliphatic carbocycles. The monoisotopic (exact) mass is 287 g/mol. The molecule has 0 spiro atoms. The predicted octanol–water partition coefficient (Wildman–Crippen LogP) is 1.47. The quantitative estimate of drug-likeness (QED) is 0.803. The molecule has 1 aliphatic rings. The summed E-state index contributed by atoms with van der Waals surface area (Å²) in [5, 5.41) is 11.5. The lowest BCUT2D eigenvalue weighted by Gasteiger charge is -2.33. The van der Waals surface area contributed by atoms with Gasteiger partial charge in [0.2, 0.25) is 10.0 Å². The van der Waals surface area contributed by atoms with Crippen molar-refractivity contribution in [3.63, 3.8) is 0 Å². The summed E-state index contributed by atoms with van der Waals surface area (Å²) in [5.41, 5.74) is 0. The topological polar surface area (TPSA) is 73.2 Å². The first-order chi connectivity index (χ1) is 8.93. The van der Waals surface area contributed by atoms with Gasteiger partial charge in [-0.3, -0.25) is 0 Å². The lowest BCUT2D eigenvalue weighted by molar-refractivity contribution is 0.281. The van der Waals surface area contributed by atoms with Gasteiger partial charge in [0.15, 0.2) is 5.25 Å². The van der Waals surface area contributed by atoms with E-state index in [1.54, 1.807) is 6.92 Å². The largest absolute Gasteiger partial charge is 0.313 e. The zero-order valence-electron chi connectivity index (χ0n) is 12.1. The zero-order valence-corrected chi connectivity index (χ0v) is 12.9. The fourth-order valence-electron chi connectivity index (χ4n) is 2.44. The molecule has 1 heterocycles. The Labute approximate surface area is 117 Å². The maximum atomic E-state index is 12.5. The van der Waals surface area contributed by atoms with E-state index in [0.29, 0.717) is 13.0 Å². The highest BCUT2D eigenvalue weighted by Crippen LogP contribution is 2.18. The van der Waals surface area contributed by atoms with Crippen LogP contribution in [0.3, 0.4) is 0 Å². The van der Waals surface area contributed by atoms with Crippen molar-refractivity contribution >= 4 is 10.0 Å². The molecule has 1 fully saturated rings. The molecule has 0 amide bonds. The summed E-state index contributed by atoms with van der Waals surface area (Å²) < 4.78 is 26.5. The molecule has 0 aromatic carbocycles. The van der Waals surface area contributed by atoms with Crippen LogP contribution in [0.5, 0.6) is 0 Å². The third kappa shape index (κ3) is 4.16. The van der Waals surface area contributed by atoms with Gasteiger partial charge >= 0.3 is 0 Å². The van der Waals surface area contributed by atoms with Gasteiger partial charge in [0.25, 0.3) is 0 Å². The SMILES string of the molecule is CCC(C#N)S(=O)(=O)N(CC1CCCCN1)C(C)C. The van der Waals surface area contributed by atoms with Crippen molar-refractivity contribution in [3.8, 4) is 6.07 Å². The standard InChI is InChI=1S/C13H25N3O2S/c1-4-13(9-14)19(17,18)16(11(2)3)10-12-7-5-6-8-15-12/h11-13,15H,4-8,10H2,1-3H3. The number of hydrogen-bond donors (Lipinski definition) is 1. The van der Waals surface area contributed by atoms with E-state index in [4.69, 9.17) is 5.26 Å². The normalized spacial score (nSPS) is 22.4. The van der Waals surface area contributed by atoms with E-state index < -0.39 is 15.3 Å². The number of nitrogens with zero attached hydrogens (tertiary/aromatic N) is 2. The first kappa shape index (κ1) is 16.4. The van der Waals surface area contributed by atoms with E-state index in [9.17, 15) is 8.42 Å². The Hall–Kier alpha value is -0.640. The second-order valence-electron chi connectivity index (χ2n) is 5.38. The minimum atomic E-state index is -3.53. The Morgan fingerprint density at radius 3 is 2.53 bits per heavy atom. The van der Waals surface area contributed by atoms with Crippen molar-refractivity contribution in [2.24, 2.45) is 0 Å². The molecular weight excluding hydrogens is 262 g/mol. The van der Waals surface area contributed by atoms with Crippen molar-refractivity contribution in [1.29, 1.82) is 5.26 Å². The smallest absolute Gasteiger partial charge is 0.230 e. The Balaban J connectivity index is 2.84. The minimum absolute atomic E-state index is 0.115. The molecule has 2 unspecified atom stereocenters. The van der Waals surface area contributed by atoms with Gasteiger partial charge in [0.1, 0.15) is 0 Å². The van der Waals surface area contributed by atoms with Gasteiger partial charge in [0.05, 0.1) is 6.07 Å². The zero-order chi connectivity index (χ0) is 14.5. The molecule has 1 saturated heterocycles. The molecule has 1 rings (SSSR count). The summed E-state index contributed by atoms with van der Waals surface area (Å²) in [5.74, 6) is 0. The summed E-state index contributed by atoms with van der Waals surface area (Å²) in [7, 11) is -3.53. The van der Waals surface area contributed by atoms with Crippen LogP contribution in [0.2, 0.25) is 0 Å². The van der Waals surface area contributed by atoms with Crippen LogP contribution in [0, 0.1) is 11.3 Å². The average Bonchev–Trinajstić information content (AvgIpc) is 2.37. The van der Waals surface area contributed by atoms with Crippen molar-refractivity contribution in [2.75, 3.05) is 13.1 Å². The van der Waals surface area contributed by atoms with Gasteiger partial charge in [0, 0.05) is 18.6 Å². The van der Waals surface area contributed by atoms with Crippen LogP contribution in [-0.2, 0) is 10.0 Å². The second kappa shape index (κ2) is 7.22. The molecule has 0 aromatic heterocycles. The second-order valence-corrected chi connectivity index (χ2v) is 7.45. The van der Waals surface area contributed by atoms with Gasteiger partial charge in [-0.2, -0.15) is 9.57 Å². The highest BCUT2D eigenvalue weighted by Gasteiger charge is 2.34. The lowest BCUT2D eigenvalue weighted by Crippen LogP contribution is -2.50. The molecule has 1 aliphatic heterocycles. The van der Waals surface area contributed by atoms with E-state index in [1.165, 1.54) is 4.31 Å². The van der Waals surface area contributed by atoms with Crippen LogP contribution in [0.25, 0.3) is 0 Å². The van der Waals surface area contributed by atoms with Crippen LogP contribution in [-0.4, -0.2) is 43.1 Å². The maximum Gasteiger partial charge on any atom is 0.230 e. The molecule has 0 aromatic rings. The summed E-state index contributed by atoms with van der Waals surface area (Å²) in [6.45, 7) is 6.89. The molecule has 1 N–H and O–H groups in total. The lowest BCUT2D eigenvalue weighted by atomic mass is 10.1. The number of sulfonamides is 1. The van der Waals surface area contributed by atoms with Gasteiger partial charge < -0.3 is 5.32 Å². The third-order valence-electron chi connectivity index (χ3n) is 3.59. The molecule has 2 atom stereocenters. The number of nitrogens with one attached hydrogen (secondary N) is 1. The maximum absolute atomic E-state index is 12.5. The molecule has 110 valence electrons. The van der Waals surface area contributed by atoms with E-state index >= 15 is 0 Å². The van der Waals surface area contributed by atoms with Crippen LogP contribution in [0.15, 0.2) is 0 Å². The average molecular weight is 287 g/mol. The van der Waals surface area contributed by atoms with Crippen LogP contribution in [0.4, 0.5) is 0 Å². The number of nitriles is 1. The van der Waals surface area contributed by atoms with Gasteiger partial charge in [-0.1, -0.05) is 13.3 Å². The predicted molar refractivity (Wildman–Crippen MR) is 76.1 cm³/mol. The molecular formula is C13H25N3O2S. The molecule has 0 radical (unpaired) electrons. The number of piperidine rings is 1. The van der Waals surface area contributed by atoms with E-state index in [1.807, 2.05) is 19.9 Å². The summed E-state index contributed by atoms with van der Waals surface area (Å²) in [6.07, 6.45) is 3.63. The molecule has 0 bridgehead atoms. The number of rotatable bonds is 6. The first-order valence-electron chi connectivity index (χ1n) is 7.07. The van der Waals surface area contributed by atoms with Crippen molar-refractivity contribution < 1.29 is 8.42 Å². The van der Waals surface area contributed by atoms with Crippen LogP contribution >= 0.6 is 0 Å². The summed E-state index contributed by atoms with van der Waals surface area (Å²) >= 11 is 0. The fourth-order valence-corrected chi connectivity index (χ4v) is 4.29. The molecule has 0 saturated carbocycles. The summed E-state index contributed by atoms with van der Waals surface area (Å²) in [6, 6.07) is 2.01. The minimum Gasteiger partial charge on any atom is -0.313 e. The highest BCUT2D eigenvalue weighted by atomic mass is 32.2. The van der Waals surface area contributed by atoms with E-state index in [0.717, 1.165) is 25.8 Å². The first-order valence-corrected chi connectivity index (χ1v) is 8.57. The van der Waals surface area contributed by atoms with E-state index in [2.05, 4.69) is 5.32 Å². The van der Waals surface area contributed by atoms with Gasteiger partial charge in [-0.25, -0.2) is 8.42 Å². The van der Waals surface area contributed by atoms with Crippen molar-refractivity contribution in [3.05, 3.63) is 0 Å². The summed E-state index contributed by atoms with van der Waals surface area (Å²) in [4.78, 5) is 0. The van der Waals surface area contributed by atoms with Crippen LogP contribution < -0.4 is 5.32 Å². The molecule has 5 nitrogen and oxygen atoms in total. The van der Waals surface area contributed by atoms with Crippen LogP contribution in [0.1, 0.15) is 46.5 Å². The van der Waals surface area contributed by atoms with Gasteiger partial charge in [-0.15, -0.1) is 0 Å². The van der Waals surface area contributed by atoms with Crippen molar-refractivity contribution in [2.45, 2.75) is 63.8 Å². The van der Waals surface area contributed by atoms with Gasteiger partial charge in [-0.05, 0) is 39.7 Å². The Bertz CT molecular complexity index is 408. The third-order valence-corrected chi connectivity index (χ3v) is 5.97. The Kier molecular flexibility index (Phi) is 6.24. The fraction of sp³-hybridized carbons (Fsp3) is 0.923. The van der Waals surface area contributed by atoms with E-state index in [-0.39, 0.29) is 12.1 Å². The Morgan fingerprint density at radius 2 is 2.11 bits per heavy atom. The Morgan fingerprint density at radius 1 is 1.42 bits per heavy atom. The molecule has 19 heavy (non-hydrogen) atoms. The molecule has 6 heteroatoms. The number of hydrogen-bond acceptors (Lipinski definition) is 4. The van der Waals surface area contributed by atoms with Crippen molar-refractivity contribution in [1.82, 2.24) is 9.62 Å².